The highest BCUT2D eigenvalue weighted by molar-refractivity contribution is 5.46. The zero-order chi connectivity index (χ0) is 8.39. The second-order valence-electron chi connectivity index (χ2n) is 2.42. The number of ether oxygens (including phenoxy) is 2. The van der Waals surface area contributed by atoms with Crippen LogP contribution in [0.25, 0.3) is 0 Å². The number of hydrogen-bond donors (Lipinski definition) is 1. The monoisotopic (exact) mass is 167 g/mol. The van der Waals surface area contributed by atoms with Gasteiger partial charge in [0.05, 0.1) is 0 Å². The average molecular weight is 167 g/mol. The van der Waals surface area contributed by atoms with E-state index in [-0.39, 0.29) is 0 Å². The van der Waals surface area contributed by atoms with Crippen molar-refractivity contribution in [3.63, 3.8) is 0 Å². The van der Waals surface area contributed by atoms with Crippen LogP contribution in [-0.4, -0.2) is 13.2 Å². The highest BCUT2D eigenvalue weighted by Crippen LogP contribution is 2.32. The van der Waals surface area contributed by atoms with Crippen molar-refractivity contribution >= 4 is 0 Å². The molecule has 4 heteroatoms. The molecule has 0 bridgehead atoms. The Morgan fingerprint density at radius 1 is 1.17 bits per heavy atom. The third kappa shape index (κ3) is 1.16. The summed E-state index contributed by atoms with van der Waals surface area (Å²) < 4.78 is 10.6. The molecule has 4 nitrogen and oxygen atoms in total. The fourth-order valence-corrected chi connectivity index (χ4v) is 1.10. The minimum Gasteiger partial charge on any atom is -0.486 e. The molecule has 2 rings (SSSR count). The topological polar surface area (TPSA) is 53.7 Å². The fraction of sp³-hybridized carbons (Fsp3) is 0.250. The van der Waals surface area contributed by atoms with Crippen LogP contribution >= 0.6 is 0 Å². The van der Waals surface area contributed by atoms with Gasteiger partial charge < -0.3 is 14.3 Å². The molecule has 0 unspecified atom stereocenters. The Balaban J connectivity index is 2.36. The summed E-state index contributed by atoms with van der Waals surface area (Å²) in [5.41, 5.74) is 0. The highest BCUT2D eigenvalue weighted by Gasteiger charge is 2.11. The van der Waals surface area contributed by atoms with Crippen molar-refractivity contribution in [2.75, 3.05) is 13.2 Å². The molecule has 1 aromatic rings. The second-order valence-corrected chi connectivity index (χ2v) is 2.42. The van der Waals surface area contributed by atoms with Crippen LogP contribution in [0.15, 0.2) is 18.2 Å². The van der Waals surface area contributed by atoms with Crippen molar-refractivity contribution in [3.05, 3.63) is 18.2 Å². The quantitative estimate of drug-likeness (QED) is 0.626. The molecule has 0 aromatic heterocycles. The number of fused-ring (bicyclic) bond motifs is 1. The summed E-state index contributed by atoms with van der Waals surface area (Å²) >= 11 is 0. The lowest BCUT2D eigenvalue weighted by Gasteiger charge is -2.18. The minimum absolute atomic E-state index is 0.569. The lowest BCUT2D eigenvalue weighted by Crippen LogP contribution is -2.15. The van der Waals surface area contributed by atoms with Gasteiger partial charge in [0.25, 0.3) is 0 Å². The molecule has 1 aliphatic heterocycles. The summed E-state index contributed by atoms with van der Waals surface area (Å²) in [6, 6.07) is 5.21. The van der Waals surface area contributed by atoms with Crippen molar-refractivity contribution in [1.29, 1.82) is 0 Å². The van der Waals surface area contributed by atoms with Gasteiger partial charge in [-0.25, -0.2) is 0 Å². The van der Waals surface area contributed by atoms with Crippen molar-refractivity contribution in [2.24, 2.45) is 5.90 Å². The number of hydrogen-bond acceptors (Lipinski definition) is 4. The van der Waals surface area contributed by atoms with Crippen LogP contribution in [0, 0.1) is 0 Å². The van der Waals surface area contributed by atoms with Crippen LogP contribution in [0.1, 0.15) is 0 Å². The smallest absolute Gasteiger partial charge is 0.165 e. The summed E-state index contributed by atoms with van der Waals surface area (Å²) in [5.74, 6) is 6.98. The first-order valence-corrected chi connectivity index (χ1v) is 3.66. The third-order valence-corrected chi connectivity index (χ3v) is 1.65. The molecule has 2 N–H and O–H groups in total. The molecule has 1 aromatic carbocycles. The van der Waals surface area contributed by atoms with Gasteiger partial charge in [-0.1, -0.05) is 0 Å². The normalized spacial score (nSPS) is 14.1. The van der Waals surface area contributed by atoms with E-state index in [1.54, 1.807) is 18.2 Å². The summed E-state index contributed by atoms with van der Waals surface area (Å²) in [7, 11) is 0. The molecule has 1 aliphatic rings. The lowest BCUT2D eigenvalue weighted by atomic mass is 10.3. The first kappa shape index (κ1) is 7.24. The Morgan fingerprint density at radius 3 is 2.67 bits per heavy atom. The van der Waals surface area contributed by atoms with E-state index in [0.717, 1.165) is 5.75 Å². The van der Waals surface area contributed by atoms with E-state index >= 15 is 0 Å². The van der Waals surface area contributed by atoms with Crippen molar-refractivity contribution in [3.8, 4) is 17.2 Å². The van der Waals surface area contributed by atoms with Crippen molar-refractivity contribution in [1.82, 2.24) is 0 Å². The van der Waals surface area contributed by atoms with Crippen molar-refractivity contribution in [2.45, 2.75) is 0 Å². The number of rotatable bonds is 1. The van der Waals surface area contributed by atoms with Crippen LogP contribution in [0.3, 0.4) is 0 Å². The molecule has 0 atom stereocenters. The second kappa shape index (κ2) is 2.91. The molecule has 0 saturated carbocycles. The van der Waals surface area contributed by atoms with Gasteiger partial charge in [-0.2, -0.15) is 5.90 Å². The molecule has 64 valence electrons. The zero-order valence-electron chi connectivity index (χ0n) is 6.45. The largest absolute Gasteiger partial charge is 0.486 e. The molecular formula is C8H9NO3. The van der Waals surface area contributed by atoms with Gasteiger partial charge in [0.2, 0.25) is 0 Å². The average Bonchev–Trinajstić information content (AvgIpc) is 2.17. The van der Waals surface area contributed by atoms with Crippen LogP contribution in [0.2, 0.25) is 0 Å². The van der Waals surface area contributed by atoms with E-state index in [4.69, 9.17) is 15.4 Å². The number of benzene rings is 1. The predicted molar refractivity (Wildman–Crippen MR) is 42.2 cm³/mol. The van der Waals surface area contributed by atoms with E-state index < -0.39 is 0 Å². The Kier molecular flexibility index (Phi) is 1.75. The van der Waals surface area contributed by atoms with Gasteiger partial charge in [-0.15, -0.1) is 0 Å². The maximum absolute atomic E-state index is 5.31. The summed E-state index contributed by atoms with van der Waals surface area (Å²) in [6.45, 7) is 1.16. The Labute approximate surface area is 69.8 Å². The first-order chi connectivity index (χ1) is 5.90. The van der Waals surface area contributed by atoms with Crippen LogP contribution in [0.4, 0.5) is 0 Å². The van der Waals surface area contributed by atoms with Gasteiger partial charge in [-0.05, 0) is 12.1 Å². The molecule has 0 spiro atoms. The first-order valence-electron chi connectivity index (χ1n) is 3.66. The predicted octanol–water partition coefficient (Wildman–Crippen LogP) is 0.710. The van der Waals surface area contributed by atoms with E-state index in [1.165, 1.54) is 0 Å². The maximum atomic E-state index is 5.31. The molecular weight excluding hydrogens is 158 g/mol. The molecule has 0 amide bonds. The maximum Gasteiger partial charge on any atom is 0.165 e. The molecule has 0 fully saturated rings. The Hall–Kier alpha value is -1.42. The molecule has 12 heavy (non-hydrogen) atoms. The highest BCUT2D eigenvalue weighted by atomic mass is 16.6. The van der Waals surface area contributed by atoms with Crippen molar-refractivity contribution < 1.29 is 14.3 Å². The van der Waals surface area contributed by atoms with E-state index in [9.17, 15) is 0 Å². The summed E-state index contributed by atoms with van der Waals surface area (Å²) in [5, 5.41) is 0. The molecule has 0 saturated heterocycles. The SMILES string of the molecule is NOc1ccc2c(c1)OCCO2. The van der Waals surface area contributed by atoms with E-state index in [1.807, 2.05) is 0 Å². The number of nitrogens with two attached hydrogens (primary N) is 1. The van der Waals surface area contributed by atoms with Gasteiger partial charge >= 0.3 is 0 Å². The van der Waals surface area contributed by atoms with E-state index in [0.29, 0.717) is 24.7 Å². The summed E-state index contributed by atoms with van der Waals surface area (Å²) in [6.07, 6.45) is 0. The Morgan fingerprint density at radius 2 is 1.92 bits per heavy atom. The van der Waals surface area contributed by atoms with Crippen LogP contribution in [0.5, 0.6) is 17.2 Å². The van der Waals surface area contributed by atoms with Crippen LogP contribution < -0.4 is 20.2 Å². The fourth-order valence-electron chi connectivity index (χ4n) is 1.10. The van der Waals surface area contributed by atoms with Gasteiger partial charge in [0.1, 0.15) is 13.2 Å². The van der Waals surface area contributed by atoms with Gasteiger partial charge in [-0.3, -0.25) is 0 Å². The Bertz CT molecular complexity index is 288. The molecule has 1 heterocycles. The van der Waals surface area contributed by atoms with Gasteiger partial charge in [0.15, 0.2) is 17.2 Å². The summed E-state index contributed by atoms with van der Waals surface area (Å²) in [4.78, 5) is 4.54. The minimum atomic E-state index is 0.569. The molecule has 0 aliphatic carbocycles. The zero-order valence-corrected chi connectivity index (χ0v) is 6.45. The van der Waals surface area contributed by atoms with Gasteiger partial charge in [0, 0.05) is 6.07 Å². The lowest BCUT2D eigenvalue weighted by molar-refractivity contribution is 0.170. The standard InChI is InChI=1S/C8H9NO3/c9-12-6-1-2-7-8(5-6)11-4-3-10-7/h1-2,5H,3-4,9H2. The van der Waals surface area contributed by atoms with E-state index in [2.05, 4.69) is 4.84 Å². The van der Waals surface area contributed by atoms with Crippen LogP contribution in [-0.2, 0) is 0 Å². The third-order valence-electron chi connectivity index (χ3n) is 1.65. The molecule has 0 radical (unpaired) electrons.